The predicted octanol–water partition coefficient (Wildman–Crippen LogP) is 6.73. The second-order valence-corrected chi connectivity index (χ2v) is 9.20. The number of fused-ring (bicyclic) bond motifs is 4. The van der Waals surface area contributed by atoms with Gasteiger partial charge < -0.3 is 10.6 Å². The highest BCUT2D eigenvalue weighted by Crippen LogP contribution is 2.41. The topological polar surface area (TPSA) is 59.0 Å². The third-order valence-corrected chi connectivity index (χ3v) is 6.82. The second-order valence-electron chi connectivity index (χ2n) is 9.20. The molecule has 35 heavy (non-hydrogen) atoms. The van der Waals surface area contributed by atoms with E-state index in [-0.39, 0.29) is 11.9 Å². The van der Waals surface area contributed by atoms with Crippen molar-refractivity contribution in [3.05, 3.63) is 113 Å². The van der Waals surface area contributed by atoms with Crippen molar-refractivity contribution in [3.8, 4) is 0 Å². The Bertz CT molecular complexity index is 1650. The van der Waals surface area contributed by atoms with Crippen LogP contribution in [0.2, 0.25) is 0 Å². The van der Waals surface area contributed by atoms with E-state index in [1.54, 1.807) is 0 Å². The summed E-state index contributed by atoms with van der Waals surface area (Å²) in [6, 6.07) is 28.4. The Morgan fingerprint density at radius 2 is 1.69 bits per heavy atom. The number of benzene rings is 4. The number of nitrogens with one attached hydrogen (secondary N) is 2. The van der Waals surface area contributed by atoms with Gasteiger partial charge in [-0.3, -0.25) is 9.36 Å². The van der Waals surface area contributed by atoms with Crippen LogP contribution in [-0.4, -0.2) is 15.5 Å². The molecule has 4 aromatic carbocycles. The zero-order chi connectivity index (χ0) is 24.1. The quantitative estimate of drug-likeness (QED) is 0.315. The molecule has 0 bridgehead atoms. The molecule has 1 aliphatic heterocycles. The predicted molar refractivity (Wildman–Crippen MR) is 143 cm³/mol. The maximum absolute atomic E-state index is 14.0. The molecule has 1 atom stereocenters. The Labute approximate surface area is 204 Å². The number of para-hydroxylation sites is 2. The summed E-state index contributed by atoms with van der Waals surface area (Å²) in [6.07, 6.45) is 0. The van der Waals surface area contributed by atoms with Gasteiger partial charge in [-0.2, -0.15) is 0 Å². The fourth-order valence-electron chi connectivity index (χ4n) is 5.18. The van der Waals surface area contributed by atoms with Gasteiger partial charge in [0.1, 0.15) is 0 Å². The summed E-state index contributed by atoms with van der Waals surface area (Å²) in [6.45, 7) is 6.03. The number of hydrogen-bond donors (Lipinski definition) is 2. The highest BCUT2D eigenvalue weighted by molar-refractivity contribution is 6.07. The molecule has 0 spiro atoms. The van der Waals surface area contributed by atoms with Crippen LogP contribution >= 0.6 is 0 Å². The van der Waals surface area contributed by atoms with Crippen LogP contribution in [0.3, 0.4) is 0 Å². The Morgan fingerprint density at radius 3 is 2.54 bits per heavy atom. The van der Waals surface area contributed by atoms with Crippen molar-refractivity contribution in [2.45, 2.75) is 26.8 Å². The molecule has 0 fully saturated rings. The highest BCUT2D eigenvalue weighted by atomic mass is 16.1. The molecule has 1 aromatic heterocycles. The molecule has 5 nitrogen and oxygen atoms in total. The zero-order valence-electron chi connectivity index (χ0n) is 20.0. The van der Waals surface area contributed by atoms with Gasteiger partial charge in [0.05, 0.1) is 22.6 Å². The van der Waals surface area contributed by atoms with E-state index in [1.165, 1.54) is 5.56 Å². The SMILES string of the molecule is CC1=C(C(=O)Nc2ccc(C)cc2C)C(c2cccc3ccccc23)n2c(nc3ccccc32)N1. The van der Waals surface area contributed by atoms with Crippen molar-refractivity contribution in [2.75, 3.05) is 10.6 Å². The fourth-order valence-corrected chi connectivity index (χ4v) is 5.18. The molecule has 0 saturated heterocycles. The average Bonchev–Trinajstić information content (AvgIpc) is 3.22. The largest absolute Gasteiger partial charge is 0.329 e. The number of hydrogen-bond acceptors (Lipinski definition) is 3. The normalized spacial score (nSPS) is 15.2. The highest BCUT2D eigenvalue weighted by Gasteiger charge is 2.35. The lowest BCUT2D eigenvalue weighted by molar-refractivity contribution is -0.113. The van der Waals surface area contributed by atoms with Crippen LogP contribution in [0, 0.1) is 13.8 Å². The molecule has 6 rings (SSSR count). The van der Waals surface area contributed by atoms with Crippen molar-refractivity contribution in [3.63, 3.8) is 0 Å². The van der Waals surface area contributed by atoms with Gasteiger partial charge in [0.15, 0.2) is 0 Å². The first-order chi connectivity index (χ1) is 17.0. The van der Waals surface area contributed by atoms with Gasteiger partial charge in [-0.1, -0.05) is 72.3 Å². The molecular weight excluding hydrogens is 432 g/mol. The first-order valence-corrected chi connectivity index (χ1v) is 11.8. The number of allylic oxidation sites excluding steroid dienone is 1. The minimum atomic E-state index is -0.337. The van der Waals surface area contributed by atoms with Crippen LogP contribution in [-0.2, 0) is 4.79 Å². The van der Waals surface area contributed by atoms with Crippen LogP contribution < -0.4 is 10.6 Å². The van der Waals surface area contributed by atoms with E-state index in [1.807, 2.05) is 56.3 Å². The number of aryl methyl sites for hydroxylation is 2. The number of carbonyl (C=O) groups is 1. The van der Waals surface area contributed by atoms with Crippen molar-refractivity contribution < 1.29 is 4.79 Å². The van der Waals surface area contributed by atoms with E-state index < -0.39 is 0 Å². The minimum Gasteiger partial charge on any atom is -0.329 e. The van der Waals surface area contributed by atoms with Crippen LogP contribution in [0.4, 0.5) is 11.6 Å². The van der Waals surface area contributed by atoms with Gasteiger partial charge >= 0.3 is 0 Å². The fraction of sp³-hybridized carbons (Fsp3) is 0.133. The van der Waals surface area contributed by atoms with Crippen LogP contribution in [0.15, 0.2) is 96.2 Å². The Morgan fingerprint density at radius 1 is 0.914 bits per heavy atom. The summed E-state index contributed by atoms with van der Waals surface area (Å²) >= 11 is 0. The first-order valence-electron chi connectivity index (χ1n) is 11.8. The van der Waals surface area contributed by atoms with Crippen molar-refractivity contribution in [1.29, 1.82) is 0 Å². The summed E-state index contributed by atoms with van der Waals surface area (Å²) in [5, 5.41) is 8.85. The number of amides is 1. The molecule has 0 aliphatic carbocycles. The van der Waals surface area contributed by atoms with Crippen molar-refractivity contribution in [1.82, 2.24) is 9.55 Å². The van der Waals surface area contributed by atoms with E-state index in [2.05, 4.69) is 64.6 Å². The summed E-state index contributed by atoms with van der Waals surface area (Å²) in [4.78, 5) is 18.8. The van der Waals surface area contributed by atoms with Crippen LogP contribution in [0.25, 0.3) is 21.8 Å². The summed E-state index contributed by atoms with van der Waals surface area (Å²) in [7, 11) is 0. The van der Waals surface area contributed by atoms with Gasteiger partial charge in [0, 0.05) is 11.4 Å². The molecule has 2 heterocycles. The van der Waals surface area contributed by atoms with Gasteiger partial charge in [-0.05, 0) is 60.9 Å². The zero-order valence-corrected chi connectivity index (χ0v) is 20.0. The van der Waals surface area contributed by atoms with E-state index >= 15 is 0 Å². The lowest BCUT2D eigenvalue weighted by atomic mass is 9.90. The molecule has 1 unspecified atom stereocenters. The monoisotopic (exact) mass is 458 g/mol. The van der Waals surface area contributed by atoms with E-state index in [0.717, 1.165) is 50.3 Å². The summed E-state index contributed by atoms with van der Waals surface area (Å²) in [5.74, 6) is 0.619. The van der Waals surface area contributed by atoms with Crippen molar-refractivity contribution >= 4 is 39.3 Å². The molecule has 5 heteroatoms. The standard InChI is InChI=1S/C30H26N4O/c1-18-15-16-24(19(2)17-18)32-29(35)27-20(3)31-30-33-25-13-6-7-14-26(25)34(30)28(27)23-12-8-10-21-9-4-5-11-22(21)23/h4-17,28H,1-3H3,(H,31,33)(H,32,35). The molecular formula is C30H26N4O. The first kappa shape index (κ1) is 21.2. The van der Waals surface area contributed by atoms with Gasteiger partial charge in [-0.25, -0.2) is 4.98 Å². The summed E-state index contributed by atoms with van der Waals surface area (Å²) < 4.78 is 2.15. The van der Waals surface area contributed by atoms with Gasteiger partial charge in [0.25, 0.3) is 5.91 Å². The van der Waals surface area contributed by atoms with Crippen LogP contribution in [0.1, 0.15) is 29.7 Å². The number of carbonyl (C=O) groups excluding carboxylic acids is 1. The van der Waals surface area contributed by atoms with Gasteiger partial charge in [0.2, 0.25) is 5.95 Å². The smallest absolute Gasteiger partial charge is 0.255 e. The van der Waals surface area contributed by atoms with Crippen molar-refractivity contribution in [2.24, 2.45) is 0 Å². The number of rotatable bonds is 3. The average molecular weight is 459 g/mol. The Kier molecular flexibility index (Phi) is 4.92. The molecule has 172 valence electrons. The van der Waals surface area contributed by atoms with E-state index in [9.17, 15) is 4.79 Å². The molecule has 0 radical (unpaired) electrons. The third-order valence-electron chi connectivity index (χ3n) is 6.82. The Hall–Kier alpha value is -4.38. The van der Waals surface area contributed by atoms with E-state index in [0.29, 0.717) is 5.57 Å². The number of nitrogens with zero attached hydrogens (tertiary/aromatic N) is 2. The maximum atomic E-state index is 14.0. The number of imidazole rings is 1. The van der Waals surface area contributed by atoms with Gasteiger partial charge in [-0.15, -0.1) is 0 Å². The molecule has 0 saturated carbocycles. The Balaban J connectivity index is 1.57. The molecule has 2 N–H and O–H groups in total. The minimum absolute atomic E-state index is 0.122. The third kappa shape index (κ3) is 3.48. The summed E-state index contributed by atoms with van der Waals surface area (Å²) in [5.41, 5.74) is 7.44. The maximum Gasteiger partial charge on any atom is 0.255 e. The van der Waals surface area contributed by atoms with E-state index in [4.69, 9.17) is 4.98 Å². The van der Waals surface area contributed by atoms with Crippen LogP contribution in [0.5, 0.6) is 0 Å². The molecule has 1 amide bonds. The number of aromatic nitrogens is 2. The molecule has 1 aliphatic rings. The lowest BCUT2D eigenvalue weighted by Crippen LogP contribution is -2.31. The lowest BCUT2D eigenvalue weighted by Gasteiger charge is -2.31. The molecule has 5 aromatic rings. The second kappa shape index (κ2) is 8.13. The number of anilines is 2.